The van der Waals surface area contributed by atoms with Gasteiger partial charge in [0.15, 0.2) is 0 Å². The molecule has 0 saturated heterocycles. The van der Waals surface area contributed by atoms with Crippen LogP contribution < -0.4 is 0 Å². The predicted octanol–water partition coefficient (Wildman–Crippen LogP) is 12.8. The quantitative estimate of drug-likeness (QED) is 0.121. The Morgan fingerprint density at radius 3 is 2.21 bits per heavy atom. The minimum absolute atomic E-state index is 0.640. The molecule has 1 atom stereocenters. The number of allylic oxidation sites excluding steroid dienone is 12. The molecule has 0 spiro atoms. The molecule has 1 unspecified atom stereocenters. The highest BCUT2D eigenvalue weighted by molar-refractivity contribution is 5.78. The van der Waals surface area contributed by atoms with Crippen molar-refractivity contribution in [3.63, 3.8) is 0 Å². The summed E-state index contributed by atoms with van der Waals surface area (Å²) in [5.74, 6) is 0.640. The molecule has 0 amide bonds. The summed E-state index contributed by atoms with van der Waals surface area (Å²) in [6.45, 7) is 29.5. The van der Waals surface area contributed by atoms with E-state index in [9.17, 15) is 0 Å². The molecular formula is C41H64N2. The zero-order chi connectivity index (χ0) is 32.9. The van der Waals surface area contributed by atoms with E-state index in [1.165, 1.54) is 71.1 Å². The number of aromatic nitrogens is 1. The molecule has 2 nitrogen and oxygen atoms in total. The van der Waals surface area contributed by atoms with E-state index in [4.69, 9.17) is 0 Å². The second-order valence-electron chi connectivity index (χ2n) is 11.4. The number of aryl methyl sites for hydroxylation is 1. The summed E-state index contributed by atoms with van der Waals surface area (Å²) in [5, 5.41) is 0. The van der Waals surface area contributed by atoms with Gasteiger partial charge in [-0.1, -0.05) is 98.2 Å². The number of aliphatic imine (C=N–C) groups is 1. The summed E-state index contributed by atoms with van der Waals surface area (Å²) in [4.78, 5) is 7.83. The van der Waals surface area contributed by atoms with E-state index in [2.05, 4.69) is 127 Å². The first-order valence-electron chi connectivity index (χ1n) is 16.1. The van der Waals surface area contributed by atoms with Gasteiger partial charge in [0.2, 0.25) is 0 Å². The highest BCUT2D eigenvalue weighted by Crippen LogP contribution is 2.26. The van der Waals surface area contributed by atoms with Crippen LogP contribution in [0.2, 0.25) is 0 Å². The SMILES string of the molecule is C=C.C=C(CCCC1=CC=CCC=C1)CCCC(CCC)C(=C)C=C(C)C.CCc1cccnc1.CN=CC(C)=C(C)C. The number of hydrogen-bond donors (Lipinski definition) is 0. The van der Waals surface area contributed by atoms with E-state index in [0.717, 1.165) is 32.1 Å². The fraction of sp³-hybridized carbons (Fsp3) is 0.463. The third kappa shape index (κ3) is 25.0. The van der Waals surface area contributed by atoms with Crippen LogP contribution in [0.1, 0.15) is 112 Å². The van der Waals surface area contributed by atoms with Gasteiger partial charge < -0.3 is 0 Å². The molecule has 0 fully saturated rings. The first-order valence-corrected chi connectivity index (χ1v) is 16.1. The van der Waals surface area contributed by atoms with Gasteiger partial charge in [0, 0.05) is 25.7 Å². The third-order valence-corrected chi connectivity index (χ3v) is 7.01. The molecule has 238 valence electrons. The molecule has 1 aliphatic rings. The van der Waals surface area contributed by atoms with Crippen LogP contribution in [0.4, 0.5) is 0 Å². The summed E-state index contributed by atoms with van der Waals surface area (Å²) >= 11 is 0. The Bertz CT molecular complexity index is 1050. The molecule has 0 bridgehead atoms. The summed E-state index contributed by atoms with van der Waals surface area (Å²) in [6.07, 6.45) is 30.8. The monoisotopic (exact) mass is 585 g/mol. The second-order valence-corrected chi connectivity index (χ2v) is 11.4. The van der Waals surface area contributed by atoms with E-state index in [1.54, 1.807) is 13.2 Å². The number of pyridine rings is 1. The van der Waals surface area contributed by atoms with Crippen LogP contribution in [0.25, 0.3) is 0 Å². The largest absolute Gasteiger partial charge is 0.296 e. The van der Waals surface area contributed by atoms with E-state index in [-0.39, 0.29) is 0 Å². The van der Waals surface area contributed by atoms with E-state index < -0.39 is 0 Å². The Kier molecular flexibility index (Phi) is 28.1. The van der Waals surface area contributed by atoms with Gasteiger partial charge in [-0.3, -0.25) is 9.98 Å². The van der Waals surface area contributed by atoms with Gasteiger partial charge in [-0.05, 0) is 121 Å². The maximum absolute atomic E-state index is 4.31. The first-order chi connectivity index (χ1) is 20.6. The molecule has 1 aliphatic carbocycles. The summed E-state index contributed by atoms with van der Waals surface area (Å²) in [5.41, 5.74) is 9.41. The predicted molar refractivity (Wildman–Crippen MR) is 198 cm³/mol. The van der Waals surface area contributed by atoms with Gasteiger partial charge >= 0.3 is 0 Å². The Labute approximate surface area is 267 Å². The Morgan fingerprint density at radius 2 is 1.70 bits per heavy atom. The average Bonchev–Trinajstić information content (AvgIpc) is 3.27. The van der Waals surface area contributed by atoms with E-state index in [0.29, 0.717) is 5.92 Å². The molecular weight excluding hydrogens is 520 g/mol. The zero-order valence-corrected chi connectivity index (χ0v) is 29.2. The van der Waals surface area contributed by atoms with Crippen LogP contribution in [0.15, 0.2) is 126 Å². The molecule has 1 aromatic heterocycles. The lowest BCUT2D eigenvalue weighted by atomic mass is 9.88. The van der Waals surface area contributed by atoms with Gasteiger partial charge in [-0.2, -0.15) is 0 Å². The van der Waals surface area contributed by atoms with Gasteiger partial charge in [-0.15, -0.1) is 13.2 Å². The van der Waals surface area contributed by atoms with E-state index >= 15 is 0 Å². The minimum Gasteiger partial charge on any atom is -0.296 e. The van der Waals surface area contributed by atoms with Gasteiger partial charge in [0.1, 0.15) is 0 Å². The maximum atomic E-state index is 4.31. The van der Waals surface area contributed by atoms with Crippen molar-refractivity contribution in [1.29, 1.82) is 0 Å². The number of nitrogens with zero attached hydrogens (tertiary/aromatic N) is 2. The molecule has 0 aromatic carbocycles. The Balaban J connectivity index is 0. The topological polar surface area (TPSA) is 25.2 Å². The zero-order valence-electron chi connectivity index (χ0n) is 29.2. The van der Waals surface area contributed by atoms with Crippen molar-refractivity contribution in [3.05, 3.63) is 126 Å². The second kappa shape index (κ2) is 28.8. The smallest absolute Gasteiger partial charge is 0.0299 e. The Morgan fingerprint density at radius 1 is 1.00 bits per heavy atom. The van der Waals surface area contributed by atoms with Crippen LogP contribution in [0, 0.1) is 5.92 Å². The average molecular weight is 585 g/mol. The molecule has 2 rings (SSSR count). The van der Waals surface area contributed by atoms with Crippen LogP contribution >= 0.6 is 0 Å². The fourth-order valence-corrected chi connectivity index (χ4v) is 4.34. The van der Waals surface area contributed by atoms with Crippen molar-refractivity contribution >= 4 is 6.21 Å². The van der Waals surface area contributed by atoms with Crippen molar-refractivity contribution in [2.45, 2.75) is 113 Å². The van der Waals surface area contributed by atoms with Gasteiger partial charge in [-0.25, -0.2) is 0 Å². The van der Waals surface area contributed by atoms with Crippen LogP contribution in [-0.2, 0) is 6.42 Å². The van der Waals surface area contributed by atoms with Crippen molar-refractivity contribution in [1.82, 2.24) is 4.98 Å². The van der Waals surface area contributed by atoms with Gasteiger partial charge in [0.05, 0.1) is 0 Å². The number of hydrogen-bond acceptors (Lipinski definition) is 2. The summed E-state index contributed by atoms with van der Waals surface area (Å²) < 4.78 is 0. The molecule has 0 aliphatic heterocycles. The fourth-order valence-electron chi connectivity index (χ4n) is 4.34. The highest BCUT2D eigenvalue weighted by Gasteiger charge is 2.10. The molecule has 43 heavy (non-hydrogen) atoms. The van der Waals surface area contributed by atoms with Crippen molar-refractivity contribution in [2.24, 2.45) is 10.9 Å². The molecule has 1 heterocycles. The van der Waals surface area contributed by atoms with Crippen molar-refractivity contribution in [2.75, 3.05) is 7.05 Å². The first kappa shape index (κ1) is 41.9. The minimum atomic E-state index is 0.640. The lowest BCUT2D eigenvalue weighted by Gasteiger charge is -2.17. The summed E-state index contributed by atoms with van der Waals surface area (Å²) in [6, 6.07) is 4.03. The standard InChI is InChI=1S/C25H38.C7H9N.C7H13N.C2H4/c1-6-13-25(23(5)20-21(2)3)19-12-15-22(4)14-11-18-24-16-9-7-8-10-17-24;1-2-7-4-3-5-8-6-7;1-6(2)7(3)5-8-4;1-2/h7,9-10,16-17,20,25H,4-6,8,11-15,18-19H2,1-3H3;3-6H,2H2,1H3;5H,1-4H3;1-2H2. The van der Waals surface area contributed by atoms with Gasteiger partial charge in [0.25, 0.3) is 0 Å². The third-order valence-electron chi connectivity index (χ3n) is 7.01. The maximum Gasteiger partial charge on any atom is 0.0299 e. The van der Waals surface area contributed by atoms with Crippen molar-refractivity contribution < 1.29 is 0 Å². The molecule has 0 radical (unpaired) electrons. The normalized spacial score (nSPS) is 12.1. The van der Waals surface area contributed by atoms with Crippen LogP contribution in [0.5, 0.6) is 0 Å². The number of rotatable bonds is 14. The molecule has 0 N–H and O–H groups in total. The lowest BCUT2D eigenvalue weighted by Crippen LogP contribution is -2.02. The molecule has 0 saturated carbocycles. The highest BCUT2D eigenvalue weighted by atomic mass is 14.6. The Hall–Kier alpha value is -3.26. The molecule has 1 aromatic rings. The molecule has 2 heteroatoms. The summed E-state index contributed by atoms with van der Waals surface area (Å²) in [7, 11) is 1.78. The lowest BCUT2D eigenvalue weighted by molar-refractivity contribution is 0.498. The van der Waals surface area contributed by atoms with Crippen molar-refractivity contribution in [3.8, 4) is 0 Å². The van der Waals surface area contributed by atoms with E-state index in [1.807, 2.05) is 18.5 Å². The van der Waals surface area contributed by atoms with Crippen LogP contribution in [0.3, 0.4) is 0 Å². The van der Waals surface area contributed by atoms with Crippen LogP contribution in [-0.4, -0.2) is 18.2 Å².